The Kier molecular flexibility index (Phi) is 4.11. The molecule has 0 heterocycles. The molecule has 0 aromatic heterocycles. The molecule has 2 nitrogen and oxygen atoms in total. The molecule has 1 rings (SSSR count). The third kappa shape index (κ3) is 2.14. The van der Waals surface area contributed by atoms with Crippen molar-refractivity contribution in [3.63, 3.8) is 0 Å². The monoisotopic (exact) mass is 193 g/mol. The van der Waals surface area contributed by atoms with Crippen molar-refractivity contribution in [1.29, 1.82) is 0 Å². The fraction of sp³-hybridized carbons (Fsp3) is 0.500. The second kappa shape index (κ2) is 5.13. The van der Waals surface area contributed by atoms with Crippen LogP contribution in [-0.2, 0) is 5.54 Å². The standard InChI is InChI=1S/C12H19NO/c1-3-12(13-2,9-10-14)11-7-5-4-6-8-11/h4-8,13-14H,3,9-10H2,1-2H3. The van der Waals surface area contributed by atoms with E-state index in [1.807, 2.05) is 25.2 Å². The molecule has 1 atom stereocenters. The van der Waals surface area contributed by atoms with Gasteiger partial charge in [-0.1, -0.05) is 37.3 Å². The molecule has 0 amide bonds. The molecule has 0 spiro atoms. The summed E-state index contributed by atoms with van der Waals surface area (Å²) in [5, 5.41) is 12.4. The van der Waals surface area contributed by atoms with Gasteiger partial charge in [-0.3, -0.25) is 0 Å². The van der Waals surface area contributed by atoms with Gasteiger partial charge in [0.25, 0.3) is 0 Å². The molecule has 0 saturated carbocycles. The zero-order valence-corrected chi connectivity index (χ0v) is 8.96. The van der Waals surface area contributed by atoms with Crippen LogP contribution in [0.1, 0.15) is 25.3 Å². The smallest absolute Gasteiger partial charge is 0.0451 e. The van der Waals surface area contributed by atoms with E-state index in [0.29, 0.717) is 0 Å². The highest BCUT2D eigenvalue weighted by molar-refractivity contribution is 5.24. The average Bonchev–Trinajstić information content (AvgIpc) is 2.27. The quantitative estimate of drug-likeness (QED) is 0.748. The van der Waals surface area contributed by atoms with E-state index in [1.165, 1.54) is 5.56 Å². The molecule has 0 aliphatic heterocycles. The van der Waals surface area contributed by atoms with Gasteiger partial charge in [0.05, 0.1) is 0 Å². The SMILES string of the molecule is CCC(CCO)(NC)c1ccccc1. The summed E-state index contributed by atoms with van der Waals surface area (Å²) in [5.41, 5.74) is 1.18. The third-order valence-corrected chi connectivity index (χ3v) is 2.95. The fourth-order valence-electron chi connectivity index (χ4n) is 1.92. The zero-order chi connectivity index (χ0) is 10.4. The summed E-state index contributed by atoms with van der Waals surface area (Å²) in [6.45, 7) is 2.35. The number of benzene rings is 1. The summed E-state index contributed by atoms with van der Waals surface area (Å²) in [6, 6.07) is 10.3. The van der Waals surface area contributed by atoms with Crippen molar-refractivity contribution in [2.45, 2.75) is 25.3 Å². The summed E-state index contributed by atoms with van der Waals surface area (Å²) in [7, 11) is 1.95. The van der Waals surface area contributed by atoms with Crippen LogP contribution in [-0.4, -0.2) is 18.8 Å². The Morgan fingerprint density at radius 2 is 1.93 bits per heavy atom. The molecule has 14 heavy (non-hydrogen) atoms. The van der Waals surface area contributed by atoms with E-state index < -0.39 is 0 Å². The molecule has 0 saturated heterocycles. The lowest BCUT2D eigenvalue weighted by Gasteiger charge is -2.32. The molecule has 1 aromatic carbocycles. The summed E-state index contributed by atoms with van der Waals surface area (Å²) in [5.74, 6) is 0. The summed E-state index contributed by atoms with van der Waals surface area (Å²) in [6.07, 6.45) is 1.73. The highest BCUT2D eigenvalue weighted by Gasteiger charge is 2.26. The van der Waals surface area contributed by atoms with Gasteiger partial charge in [-0.2, -0.15) is 0 Å². The van der Waals surface area contributed by atoms with E-state index in [-0.39, 0.29) is 12.1 Å². The van der Waals surface area contributed by atoms with Crippen LogP contribution in [0.15, 0.2) is 30.3 Å². The van der Waals surface area contributed by atoms with Crippen molar-refractivity contribution < 1.29 is 5.11 Å². The van der Waals surface area contributed by atoms with E-state index in [1.54, 1.807) is 0 Å². The lowest BCUT2D eigenvalue weighted by molar-refractivity contribution is 0.212. The van der Waals surface area contributed by atoms with E-state index in [9.17, 15) is 0 Å². The molecule has 78 valence electrons. The first-order chi connectivity index (χ1) is 6.79. The van der Waals surface area contributed by atoms with Gasteiger partial charge in [-0.15, -0.1) is 0 Å². The predicted molar refractivity (Wildman–Crippen MR) is 59.2 cm³/mol. The van der Waals surface area contributed by atoms with E-state index in [0.717, 1.165) is 12.8 Å². The molecular formula is C12H19NO. The summed E-state index contributed by atoms with van der Waals surface area (Å²) in [4.78, 5) is 0. The number of rotatable bonds is 5. The van der Waals surface area contributed by atoms with Gasteiger partial charge < -0.3 is 10.4 Å². The minimum Gasteiger partial charge on any atom is -0.396 e. The zero-order valence-electron chi connectivity index (χ0n) is 8.96. The Hall–Kier alpha value is -0.860. The minimum atomic E-state index is -0.0734. The van der Waals surface area contributed by atoms with E-state index in [2.05, 4.69) is 24.4 Å². The topological polar surface area (TPSA) is 32.3 Å². The van der Waals surface area contributed by atoms with Crippen LogP contribution in [0.25, 0.3) is 0 Å². The summed E-state index contributed by atoms with van der Waals surface area (Å²) < 4.78 is 0. The van der Waals surface area contributed by atoms with Crippen LogP contribution < -0.4 is 5.32 Å². The Morgan fingerprint density at radius 1 is 1.29 bits per heavy atom. The van der Waals surface area contributed by atoms with Crippen molar-refractivity contribution in [3.05, 3.63) is 35.9 Å². The molecular weight excluding hydrogens is 174 g/mol. The van der Waals surface area contributed by atoms with Gasteiger partial charge in [-0.05, 0) is 25.5 Å². The van der Waals surface area contributed by atoms with Crippen molar-refractivity contribution in [2.24, 2.45) is 0 Å². The lowest BCUT2D eigenvalue weighted by Crippen LogP contribution is -2.40. The first-order valence-corrected chi connectivity index (χ1v) is 5.14. The van der Waals surface area contributed by atoms with Crippen molar-refractivity contribution in [3.8, 4) is 0 Å². The lowest BCUT2D eigenvalue weighted by atomic mass is 9.84. The average molecular weight is 193 g/mol. The van der Waals surface area contributed by atoms with Gasteiger partial charge >= 0.3 is 0 Å². The van der Waals surface area contributed by atoms with Crippen LogP contribution in [0.5, 0.6) is 0 Å². The number of aliphatic hydroxyl groups is 1. The third-order valence-electron chi connectivity index (χ3n) is 2.95. The van der Waals surface area contributed by atoms with Gasteiger partial charge in [0.2, 0.25) is 0 Å². The highest BCUT2D eigenvalue weighted by atomic mass is 16.3. The van der Waals surface area contributed by atoms with Gasteiger partial charge in [0.15, 0.2) is 0 Å². The molecule has 2 heteroatoms. The summed E-state index contributed by atoms with van der Waals surface area (Å²) >= 11 is 0. The van der Waals surface area contributed by atoms with Crippen LogP contribution in [0.3, 0.4) is 0 Å². The van der Waals surface area contributed by atoms with Crippen molar-refractivity contribution in [1.82, 2.24) is 5.32 Å². The van der Waals surface area contributed by atoms with E-state index in [4.69, 9.17) is 5.11 Å². The first kappa shape index (κ1) is 11.2. The van der Waals surface area contributed by atoms with Crippen LogP contribution in [0.4, 0.5) is 0 Å². The van der Waals surface area contributed by atoms with Gasteiger partial charge in [0, 0.05) is 12.1 Å². The highest BCUT2D eigenvalue weighted by Crippen LogP contribution is 2.27. The fourth-order valence-corrected chi connectivity index (χ4v) is 1.92. The maximum Gasteiger partial charge on any atom is 0.0451 e. The second-order valence-corrected chi connectivity index (χ2v) is 3.53. The molecule has 0 fully saturated rings. The molecule has 1 aromatic rings. The molecule has 0 radical (unpaired) electrons. The minimum absolute atomic E-state index is 0.0734. The Morgan fingerprint density at radius 3 is 2.36 bits per heavy atom. The number of hydrogen-bond acceptors (Lipinski definition) is 2. The van der Waals surface area contributed by atoms with Crippen molar-refractivity contribution >= 4 is 0 Å². The Bertz CT molecular complexity index is 254. The molecule has 2 N–H and O–H groups in total. The number of nitrogens with one attached hydrogen (secondary N) is 1. The Balaban J connectivity index is 2.98. The van der Waals surface area contributed by atoms with Crippen molar-refractivity contribution in [2.75, 3.05) is 13.7 Å². The maximum absolute atomic E-state index is 9.09. The van der Waals surface area contributed by atoms with E-state index >= 15 is 0 Å². The van der Waals surface area contributed by atoms with Gasteiger partial charge in [-0.25, -0.2) is 0 Å². The molecule has 0 bridgehead atoms. The molecule has 0 aliphatic carbocycles. The molecule has 0 aliphatic rings. The Labute approximate surface area is 86.0 Å². The second-order valence-electron chi connectivity index (χ2n) is 3.53. The van der Waals surface area contributed by atoms with Crippen LogP contribution in [0, 0.1) is 0 Å². The first-order valence-electron chi connectivity index (χ1n) is 5.14. The van der Waals surface area contributed by atoms with Crippen LogP contribution >= 0.6 is 0 Å². The number of aliphatic hydroxyl groups excluding tert-OH is 1. The maximum atomic E-state index is 9.09. The normalized spacial score (nSPS) is 15.1. The van der Waals surface area contributed by atoms with Gasteiger partial charge in [0.1, 0.15) is 0 Å². The van der Waals surface area contributed by atoms with Crippen LogP contribution in [0.2, 0.25) is 0 Å². The molecule has 1 unspecified atom stereocenters. The largest absolute Gasteiger partial charge is 0.396 e. The predicted octanol–water partition coefficient (Wildman–Crippen LogP) is 1.89. The number of hydrogen-bond donors (Lipinski definition) is 2.